The van der Waals surface area contributed by atoms with Gasteiger partial charge in [-0.15, -0.1) is 0 Å². The van der Waals surface area contributed by atoms with Crippen molar-refractivity contribution < 1.29 is 1.43 Å². The third-order valence-electron chi connectivity index (χ3n) is 2.70. The number of hydrogen-bond donors (Lipinski definition) is 1. The lowest BCUT2D eigenvalue weighted by molar-refractivity contribution is 0.283. The normalized spacial score (nSPS) is 32.7. The van der Waals surface area contributed by atoms with Gasteiger partial charge in [-0.05, 0) is 43.9 Å². The third-order valence-corrected chi connectivity index (χ3v) is 2.70. The Hall–Kier alpha value is -0.0400. The predicted molar refractivity (Wildman–Crippen MR) is 51.5 cm³/mol. The fourth-order valence-electron chi connectivity index (χ4n) is 2.09. The highest BCUT2D eigenvalue weighted by atomic mass is 14.6. The molecule has 68 valence electrons. The summed E-state index contributed by atoms with van der Waals surface area (Å²) in [4.78, 5) is 0. The highest BCUT2D eigenvalue weighted by molar-refractivity contribution is 4.74. The van der Waals surface area contributed by atoms with Crippen molar-refractivity contribution in [3.8, 4) is 0 Å². The van der Waals surface area contributed by atoms with Gasteiger partial charge < -0.3 is 5.73 Å². The summed E-state index contributed by atoms with van der Waals surface area (Å²) >= 11 is 0. The molecule has 0 heterocycles. The van der Waals surface area contributed by atoms with Crippen LogP contribution in [-0.4, -0.2) is 6.04 Å². The van der Waals surface area contributed by atoms with Crippen LogP contribution in [0.4, 0.5) is 0 Å². The van der Waals surface area contributed by atoms with Crippen LogP contribution in [0.2, 0.25) is 0 Å². The second-order valence-corrected chi connectivity index (χ2v) is 4.41. The molecule has 0 saturated heterocycles. The number of nitrogens with two attached hydrogens (primary N) is 1. The zero-order chi connectivity index (χ0) is 8.27. The topological polar surface area (TPSA) is 26.0 Å². The Morgan fingerprint density at radius 3 is 2.27 bits per heavy atom. The molecule has 0 radical (unpaired) electrons. The molecule has 1 aliphatic rings. The van der Waals surface area contributed by atoms with E-state index in [0.717, 1.165) is 11.8 Å². The maximum atomic E-state index is 5.83. The molecule has 0 aliphatic heterocycles. The van der Waals surface area contributed by atoms with Gasteiger partial charge in [0.2, 0.25) is 0 Å². The van der Waals surface area contributed by atoms with Crippen LogP contribution in [0, 0.1) is 11.8 Å². The predicted octanol–water partition coefficient (Wildman–Crippen LogP) is 2.80. The second-order valence-electron chi connectivity index (χ2n) is 4.41. The molecule has 0 aromatic carbocycles. The van der Waals surface area contributed by atoms with E-state index in [4.69, 9.17) is 5.73 Å². The van der Waals surface area contributed by atoms with Gasteiger partial charge in [-0.3, -0.25) is 0 Å². The third kappa shape index (κ3) is 3.24. The van der Waals surface area contributed by atoms with Gasteiger partial charge in [-0.25, -0.2) is 0 Å². The van der Waals surface area contributed by atoms with Crippen molar-refractivity contribution in [2.24, 2.45) is 17.6 Å². The molecule has 1 saturated carbocycles. The monoisotopic (exact) mass is 157 g/mol. The van der Waals surface area contributed by atoms with Crippen molar-refractivity contribution in [2.45, 2.75) is 52.0 Å². The molecule has 0 atom stereocenters. The maximum absolute atomic E-state index is 5.83. The highest BCUT2D eigenvalue weighted by Gasteiger charge is 2.18. The van der Waals surface area contributed by atoms with Crippen molar-refractivity contribution in [1.82, 2.24) is 0 Å². The maximum Gasteiger partial charge on any atom is 0.00390 e. The summed E-state index contributed by atoms with van der Waals surface area (Å²) in [7, 11) is 0. The number of rotatable bonds is 2. The Labute approximate surface area is 71.8 Å². The van der Waals surface area contributed by atoms with Crippen molar-refractivity contribution in [3.05, 3.63) is 0 Å². The second kappa shape index (κ2) is 4.10. The first kappa shape index (κ1) is 9.05. The van der Waals surface area contributed by atoms with Crippen LogP contribution in [0.15, 0.2) is 0 Å². The molecule has 1 rings (SSSR count). The average molecular weight is 157 g/mol. The molecule has 0 amide bonds. The van der Waals surface area contributed by atoms with E-state index >= 15 is 0 Å². The fourth-order valence-corrected chi connectivity index (χ4v) is 2.09. The van der Waals surface area contributed by atoms with Crippen LogP contribution in [-0.2, 0) is 0 Å². The molecule has 1 nitrogen and oxygen atoms in total. The minimum atomic E-state index is 0. The summed E-state index contributed by atoms with van der Waals surface area (Å²) in [6.07, 6.45) is 6.68. The minimum Gasteiger partial charge on any atom is -0.328 e. The smallest absolute Gasteiger partial charge is 0.00390 e. The number of hydrogen-bond acceptors (Lipinski definition) is 1. The van der Waals surface area contributed by atoms with Crippen molar-refractivity contribution in [2.75, 3.05) is 0 Å². The molecular weight excluding hydrogens is 134 g/mol. The SMILES string of the molecule is CC(C)CC1CCC(N)CC1.[HH]. The molecular formula is C10H23N. The van der Waals surface area contributed by atoms with Crippen LogP contribution in [0.5, 0.6) is 0 Å². The summed E-state index contributed by atoms with van der Waals surface area (Å²) < 4.78 is 0. The summed E-state index contributed by atoms with van der Waals surface area (Å²) in [5.41, 5.74) is 5.83. The molecule has 1 heteroatoms. The lowest BCUT2D eigenvalue weighted by Crippen LogP contribution is -2.26. The van der Waals surface area contributed by atoms with Crippen LogP contribution >= 0.6 is 0 Å². The molecule has 0 aromatic rings. The van der Waals surface area contributed by atoms with E-state index in [1.54, 1.807) is 0 Å². The van der Waals surface area contributed by atoms with E-state index in [2.05, 4.69) is 13.8 Å². The van der Waals surface area contributed by atoms with Crippen LogP contribution in [0.3, 0.4) is 0 Å². The first-order chi connectivity index (χ1) is 5.18. The van der Waals surface area contributed by atoms with Crippen LogP contribution in [0.25, 0.3) is 0 Å². The van der Waals surface area contributed by atoms with E-state index in [1.165, 1.54) is 32.1 Å². The van der Waals surface area contributed by atoms with Gasteiger partial charge in [-0.2, -0.15) is 0 Å². The van der Waals surface area contributed by atoms with Crippen molar-refractivity contribution in [1.29, 1.82) is 0 Å². The Bertz CT molecular complexity index is 106. The molecule has 0 aromatic heterocycles. The van der Waals surface area contributed by atoms with Gasteiger partial charge in [0.05, 0.1) is 0 Å². The van der Waals surface area contributed by atoms with Crippen molar-refractivity contribution in [3.63, 3.8) is 0 Å². The molecule has 11 heavy (non-hydrogen) atoms. The summed E-state index contributed by atoms with van der Waals surface area (Å²) in [6.45, 7) is 4.63. The van der Waals surface area contributed by atoms with Gasteiger partial charge in [0.15, 0.2) is 0 Å². The summed E-state index contributed by atoms with van der Waals surface area (Å²) in [6, 6.07) is 0.512. The van der Waals surface area contributed by atoms with E-state index in [-0.39, 0.29) is 1.43 Å². The van der Waals surface area contributed by atoms with Gasteiger partial charge in [0.1, 0.15) is 0 Å². The Morgan fingerprint density at radius 1 is 1.27 bits per heavy atom. The van der Waals surface area contributed by atoms with Gasteiger partial charge in [0, 0.05) is 7.47 Å². The van der Waals surface area contributed by atoms with Crippen LogP contribution in [0.1, 0.15) is 47.4 Å². The van der Waals surface area contributed by atoms with Gasteiger partial charge in [-0.1, -0.05) is 13.8 Å². The highest BCUT2D eigenvalue weighted by Crippen LogP contribution is 2.28. The van der Waals surface area contributed by atoms with E-state index in [1.807, 2.05) is 0 Å². The van der Waals surface area contributed by atoms with E-state index in [9.17, 15) is 0 Å². The molecule has 1 fully saturated rings. The van der Waals surface area contributed by atoms with E-state index < -0.39 is 0 Å². The van der Waals surface area contributed by atoms with Crippen LogP contribution < -0.4 is 5.73 Å². The molecule has 0 bridgehead atoms. The Kier molecular flexibility index (Phi) is 3.38. The lowest BCUT2D eigenvalue weighted by atomic mass is 9.82. The zero-order valence-electron chi connectivity index (χ0n) is 7.84. The summed E-state index contributed by atoms with van der Waals surface area (Å²) in [5.74, 6) is 1.85. The molecule has 1 aliphatic carbocycles. The van der Waals surface area contributed by atoms with E-state index in [0.29, 0.717) is 6.04 Å². The molecule has 2 N–H and O–H groups in total. The average Bonchev–Trinajstić information content (AvgIpc) is 1.93. The largest absolute Gasteiger partial charge is 0.328 e. The van der Waals surface area contributed by atoms with Gasteiger partial charge in [0.25, 0.3) is 0 Å². The zero-order valence-corrected chi connectivity index (χ0v) is 7.84. The van der Waals surface area contributed by atoms with Crippen molar-refractivity contribution >= 4 is 0 Å². The Morgan fingerprint density at radius 2 is 1.82 bits per heavy atom. The summed E-state index contributed by atoms with van der Waals surface area (Å²) in [5, 5.41) is 0. The van der Waals surface area contributed by atoms with Gasteiger partial charge >= 0.3 is 0 Å². The quantitative estimate of drug-likeness (QED) is 0.655. The molecule has 0 unspecified atom stereocenters. The molecule has 0 spiro atoms. The minimum absolute atomic E-state index is 0. The Balaban J connectivity index is 0.00000121. The first-order valence-electron chi connectivity index (χ1n) is 4.94. The lowest BCUT2D eigenvalue weighted by Gasteiger charge is -2.27. The first-order valence-corrected chi connectivity index (χ1v) is 4.94. The standard InChI is InChI=1S/C10H21N.H2/c1-8(2)7-9-3-5-10(11)6-4-9;/h8-10H,3-7,11H2,1-2H3;1H. The fraction of sp³-hybridized carbons (Fsp3) is 1.00.